The van der Waals surface area contributed by atoms with Gasteiger partial charge in [-0.05, 0) is 99.2 Å². The van der Waals surface area contributed by atoms with Crippen molar-refractivity contribution in [2.45, 2.75) is 25.7 Å². The quantitative estimate of drug-likeness (QED) is 0.498. The maximum absolute atomic E-state index is 2.50. The zero-order valence-electron chi connectivity index (χ0n) is 10.0. The van der Waals surface area contributed by atoms with Crippen molar-refractivity contribution in [3.05, 3.63) is 54.7 Å². The van der Waals surface area contributed by atoms with Crippen LogP contribution in [-0.4, -0.2) is 0 Å². The summed E-state index contributed by atoms with van der Waals surface area (Å²) in [6.45, 7) is 0. The summed E-state index contributed by atoms with van der Waals surface area (Å²) in [6.07, 6.45) is 5.18. The van der Waals surface area contributed by atoms with Crippen LogP contribution in [0.1, 0.15) is 24.0 Å². The van der Waals surface area contributed by atoms with Gasteiger partial charge in [-0.25, -0.2) is 0 Å². The Balaban J connectivity index is 2.26. The molecule has 0 bridgehead atoms. The lowest BCUT2D eigenvalue weighted by atomic mass is 9.86. The van der Waals surface area contributed by atoms with Gasteiger partial charge in [0.05, 0.1) is 0 Å². The van der Waals surface area contributed by atoms with E-state index in [-0.39, 0.29) is 0 Å². The Morgan fingerprint density at radius 3 is 2.17 bits per heavy atom. The Morgan fingerprint density at radius 2 is 1.44 bits per heavy atom. The molecule has 0 aliphatic heterocycles. The van der Waals surface area contributed by atoms with Gasteiger partial charge in [-0.15, -0.1) is 0 Å². The molecule has 2 aromatic rings. The van der Waals surface area contributed by atoms with Crippen LogP contribution in [0.2, 0.25) is 0 Å². The van der Waals surface area contributed by atoms with Gasteiger partial charge in [-0.1, -0.05) is 30.3 Å². The number of hydrogen-bond donors (Lipinski definition) is 0. The highest BCUT2D eigenvalue weighted by Crippen LogP contribution is 2.37. The van der Waals surface area contributed by atoms with Crippen molar-refractivity contribution < 1.29 is 0 Å². The SMILES string of the molecule is Ic1cc(I)c(-c2ccccc2)c2c1CCCC2. The molecule has 18 heavy (non-hydrogen) atoms. The molecule has 0 saturated heterocycles. The number of fused-ring (bicyclic) bond motifs is 1. The number of rotatable bonds is 1. The van der Waals surface area contributed by atoms with E-state index in [1.165, 1.54) is 44.0 Å². The Morgan fingerprint density at radius 1 is 0.778 bits per heavy atom. The van der Waals surface area contributed by atoms with Crippen LogP contribution in [0.4, 0.5) is 0 Å². The molecule has 1 aliphatic carbocycles. The third-order valence-corrected chi connectivity index (χ3v) is 5.43. The third kappa shape index (κ3) is 2.33. The van der Waals surface area contributed by atoms with Crippen molar-refractivity contribution in [3.8, 4) is 11.1 Å². The Hall–Kier alpha value is -0.100. The first-order chi connectivity index (χ1) is 8.77. The van der Waals surface area contributed by atoms with E-state index in [1.54, 1.807) is 11.1 Å². The van der Waals surface area contributed by atoms with Crippen molar-refractivity contribution in [2.75, 3.05) is 0 Å². The standard InChI is InChI=1S/C16H14I2/c17-14-10-15(18)16(11-6-2-1-3-7-11)13-9-5-4-8-12(13)14/h1-3,6-7,10H,4-5,8-9H2. The van der Waals surface area contributed by atoms with Gasteiger partial charge in [0.15, 0.2) is 0 Å². The highest BCUT2D eigenvalue weighted by Gasteiger charge is 2.19. The molecule has 0 unspecified atom stereocenters. The van der Waals surface area contributed by atoms with E-state index in [0.29, 0.717) is 0 Å². The summed E-state index contributed by atoms with van der Waals surface area (Å²) in [4.78, 5) is 0. The summed E-state index contributed by atoms with van der Waals surface area (Å²) >= 11 is 4.99. The Kier molecular flexibility index (Phi) is 3.94. The van der Waals surface area contributed by atoms with Gasteiger partial charge in [-0.3, -0.25) is 0 Å². The minimum atomic E-state index is 1.24. The molecule has 0 aromatic heterocycles. The van der Waals surface area contributed by atoms with Crippen LogP contribution >= 0.6 is 45.2 Å². The van der Waals surface area contributed by atoms with E-state index in [2.05, 4.69) is 81.6 Å². The average Bonchev–Trinajstić information content (AvgIpc) is 2.40. The Bertz CT molecular complexity index is 573. The molecular formula is C16H14I2. The lowest BCUT2D eigenvalue weighted by Gasteiger charge is -2.22. The van der Waals surface area contributed by atoms with Gasteiger partial charge in [0.2, 0.25) is 0 Å². The summed E-state index contributed by atoms with van der Waals surface area (Å²) in [5.41, 5.74) is 6.05. The summed E-state index contributed by atoms with van der Waals surface area (Å²) in [7, 11) is 0. The fourth-order valence-corrected chi connectivity index (χ4v) is 5.23. The highest BCUT2D eigenvalue weighted by atomic mass is 127. The lowest BCUT2D eigenvalue weighted by Crippen LogP contribution is -2.08. The van der Waals surface area contributed by atoms with E-state index >= 15 is 0 Å². The van der Waals surface area contributed by atoms with Crippen LogP contribution in [0.5, 0.6) is 0 Å². The third-order valence-electron chi connectivity index (χ3n) is 3.61. The van der Waals surface area contributed by atoms with Gasteiger partial charge >= 0.3 is 0 Å². The topological polar surface area (TPSA) is 0 Å². The molecule has 92 valence electrons. The van der Waals surface area contributed by atoms with Crippen LogP contribution in [0.25, 0.3) is 11.1 Å². The molecule has 0 radical (unpaired) electrons. The van der Waals surface area contributed by atoms with Crippen LogP contribution in [-0.2, 0) is 12.8 Å². The fourth-order valence-electron chi connectivity index (χ4n) is 2.78. The smallest absolute Gasteiger partial charge is 0.0222 e. The van der Waals surface area contributed by atoms with Crippen LogP contribution in [0.3, 0.4) is 0 Å². The molecule has 1 aliphatic rings. The van der Waals surface area contributed by atoms with Gasteiger partial charge in [0.1, 0.15) is 0 Å². The van der Waals surface area contributed by atoms with Gasteiger partial charge < -0.3 is 0 Å². The van der Waals surface area contributed by atoms with Crippen LogP contribution < -0.4 is 0 Å². The molecule has 0 heterocycles. The minimum absolute atomic E-state index is 1.24. The predicted molar refractivity (Wildman–Crippen MR) is 94.0 cm³/mol. The zero-order valence-corrected chi connectivity index (χ0v) is 14.4. The normalized spacial score (nSPS) is 14.3. The molecule has 0 saturated carbocycles. The van der Waals surface area contributed by atoms with E-state index in [0.717, 1.165) is 0 Å². The molecule has 0 atom stereocenters. The number of halogens is 2. The van der Waals surface area contributed by atoms with Gasteiger partial charge in [0, 0.05) is 7.14 Å². The number of hydrogen-bond acceptors (Lipinski definition) is 0. The molecule has 0 amide bonds. The van der Waals surface area contributed by atoms with Gasteiger partial charge in [0.25, 0.3) is 0 Å². The number of benzene rings is 2. The predicted octanol–water partition coefficient (Wildman–Crippen LogP) is 5.44. The molecule has 0 N–H and O–H groups in total. The Labute approximate surface area is 135 Å². The van der Waals surface area contributed by atoms with Crippen LogP contribution in [0, 0.1) is 7.14 Å². The van der Waals surface area contributed by atoms with Gasteiger partial charge in [-0.2, -0.15) is 0 Å². The molecule has 2 heteroatoms. The first kappa shape index (κ1) is 12.9. The largest absolute Gasteiger partial charge is 0.0622 e. The molecule has 0 nitrogen and oxygen atoms in total. The maximum atomic E-state index is 2.50. The molecule has 3 rings (SSSR count). The van der Waals surface area contributed by atoms with Crippen molar-refractivity contribution in [1.29, 1.82) is 0 Å². The molecule has 0 fully saturated rings. The second-order valence-corrected chi connectivity index (χ2v) is 7.07. The van der Waals surface area contributed by atoms with Crippen molar-refractivity contribution in [2.24, 2.45) is 0 Å². The van der Waals surface area contributed by atoms with E-state index < -0.39 is 0 Å². The monoisotopic (exact) mass is 460 g/mol. The second-order valence-electron chi connectivity index (χ2n) is 4.75. The maximum Gasteiger partial charge on any atom is 0.0222 e. The lowest BCUT2D eigenvalue weighted by molar-refractivity contribution is 0.683. The minimum Gasteiger partial charge on any atom is -0.0622 e. The van der Waals surface area contributed by atoms with Crippen molar-refractivity contribution >= 4 is 45.2 Å². The molecular weight excluding hydrogens is 446 g/mol. The highest BCUT2D eigenvalue weighted by molar-refractivity contribution is 14.1. The zero-order chi connectivity index (χ0) is 12.5. The average molecular weight is 460 g/mol. The van der Waals surface area contributed by atoms with Crippen molar-refractivity contribution in [1.82, 2.24) is 0 Å². The summed E-state index contributed by atoms with van der Waals surface area (Å²) in [5, 5.41) is 0. The first-order valence-electron chi connectivity index (χ1n) is 6.32. The summed E-state index contributed by atoms with van der Waals surface area (Å²) in [6, 6.07) is 13.2. The summed E-state index contributed by atoms with van der Waals surface area (Å²) in [5.74, 6) is 0. The summed E-state index contributed by atoms with van der Waals surface area (Å²) < 4.78 is 2.84. The van der Waals surface area contributed by atoms with E-state index in [4.69, 9.17) is 0 Å². The van der Waals surface area contributed by atoms with Crippen molar-refractivity contribution in [3.63, 3.8) is 0 Å². The van der Waals surface area contributed by atoms with E-state index in [1.807, 2.05) is 0 Å². The first-order valence-corrected chi connectivity index (χ1v) is 8.48. The molecule has 0 spiro atoms. The fraction of sp³-hybridized carbons (Fsp3) is 0.250. The van der Waals surface area contributed by atoms with E-state index in [9.17, 15) is 0 Å². The second kappa shape index (κ2) is 5.49. The van der Waals surface area contributed by atoms with Crippen LogP contribution in [0.15, 0.2) is 36.4 Å². The molecule has 2 aromatic carbocycles.